The molecule has 0 aliphatic heterocycles. The molecule has 5 heteroatoms. The summed E-state index contributed by atoms with van der Waals surface area (Å²) in [5.41, 5.74) is 0.716. The van der Waals surface area contributed by atoms with Gasteiger partial charge >= 0.3 is 5.97 Å². The van der Waals surface area contributed by atoms with E-state index in [1.807, 2.05) is 50.4 Å². The van der Waals surface area contributed by atoms with Gasteiger partial charge in [0, 0.05) is 11.8 Å². The van der Waals surface area contributed by atoms with E-state index in [1.54, 1.807) is 23.5 Å². The Kier molecular flexibility index (Phi) is 9.28. The van der Waals surface area contributed by atoms with Crippen molar-refractivity contribution in [2.75, 3.05) is 6.61 Å². The third-order valence-corrected chi connectivity index (χ3v) is 5.70. The summed E-state index contributed by atoms with van der Waals surface area (Å²) >= 11 is 1.65. The normalized spacial score (nSPS) is 13.2. The topological polar surface area (TPSA) is 63.6 Å². The zero-order chi connectivity index (χ0) is 23.6. The molecule has 0 saturated heterocycles. The molecule has 1 aromatic carbocycles. The van der Waals surface area contributed by atoms with Gasteiger partial charge < -0.3 is 9.84 Å². The Balaban J connectivity index is 1.81. The van der Waals surface area contributed by atoms with Crippen molar-refractivity contribution in [3.8, 4) is 28.7 Å². The highest BCUT2D eigenvalue weighted by Crippen LogP contribution is 2.27. The van der Waals surface area contributed by atoms with Crippen LogP contribution >= 0.6 is 11.3 Å². The van der Waals surface area contributed by atoms with Crippen molar-refractivity contribution in [1.29, 1.82) is 0 Å². The highest BCUT2D eigenvalue weighted by atomic mass is 32.1. The lowest BCUT2D eigenvalue weighted by Crippen LogP contribution is -2.36. The number of ketones is 1. The van der Waals surface area contributed by atoms with Gasteiger partial charge in [-0.2, -0.15) is 11.3 Å². The van der Waals surface area contributed by atoms with Crippen LogP contribution in [-0.2, 0) is 9.59 Å². The van der Waals surface area contributed by atoms with Crippen molar-refractivity contribution < 1.29 is 19.4 Å². The second kappa shape index (κ2) is 11.7. The molecule has 2 rings (SSSR count). The average molecular weight is 453 g/mol. The van der Waals surface area contributed by atoms with Crippen molar-refractivity contribution in [3.63, 3.8) is 0 Å². The van der Waals surface area contributed by atoms with Crippen LogP contribution in [0, 0.1) is 22.7 Å². The first kappa shape index (κ1) is 25.4. The molecule has 0 saturated carbocycles. The first-order valence-electron chi connectivity index (χ1n) is 10.8. The van der Waals surface area contributed by atoms with E-state index >= 15 is 0 Å². The van der Waals surface area contributed by atoms with E-state index in [1.165, 1.54) is 6.92 Å². The van der Waals surface area contributed by atoms with Gasteiger partial charge in [0.2, 0.25) is 0 Å². The number of carboxylic acid groups (broad SMARTS) is 1. The minimum Gasteiger partial charge on any atom is -0.494 e. The molecule has 1 aromatic heterocycles. The van der Waals surface area contributed by atoms with Gasteiger partial charge in [-0.1, -0.05) is 30.0 Å². The van der Waals surface area contributed by atoms with E-state index in [0.29, 0.717) is 19.4 Å². The number of carbonyl (C=O) groups is 2. The second-order valence-electron chi connectivity index (χ2n) is 9.03. The largest absolute Gasteiger partial charge is 0.494 e. The first-order valence-corrected chi connectivity index (χ1v) is 11.8. The fourth-order valence-electron chi connectivity index (χ4n) is 2.98. The van der Waals surface area contributed by atoms with Crippen LogP contribution in [0.3, 0.4) is 0 Å². The average Bonchev–Trinajstić information content (AvgIpc) is 3.27. The van der Waals surface area contributed by atoms with Crippen molar-refractivity contribution >= 4 is 23.1 Å². The lowest BCUT2D eigenvalue weighted by molar-refractivity contribution is -0.153. The fraction of sp³-hybridized carbons (Fsp3) is 0.407. The van der Waals surface area contributed by atoms with E-state index in [2.05, 4.69) is 23.3 Å². The van der Waals surface area contributed by atoms with Gasteiger partial charge in [-0.05, 0) is 93.1 Å². The van der Waals surface area contributed by atoms with Gasteiger partial charge in [0.1, 0.15) is 16.9 Å². The molecule has 1 atom stereocenters. The van der Waals surface area contributed by atoms with Crippen LogP contribution in [0.15, 0.2) is 53.2 Å². The number of benzene rings is 1. The summed E-state index contributed by atoms with van der Waals surface area (Å²) in [6, 6.07) is 10.00. The number of thiophene rings is 1. The molecule has 0 aliphatic rings. The SMILES string of the molecule is CC(C)(C)C#C/C=C/CC(C)(C(=O)O)C(=O)CCCCOc1cccc(-c2ccsc2)c1. The van der Waals surface area contributed by atoms with E-state index in [9.17, 15) is 14.7 Å². The molecule has 0 spiro atoms. The number of aliphatic carboxylic acids is 1. The van der Waals surface area contributed by atoms with Gasteiger partial charge in [-0.15, -0.1) is 0 Å². The standard InChI is InChI=1S/C27H32O4S/c1-26(2,3)15-7-5-8-16-27(4,25(29)30)24(28)13-6-9-17-31-23-12-10-11-21(19-23)22-14-18-32-20-22/h5,8,10-12,14,18-20H,6,9,13,16-17H2,1-4H3,(H,29,30)/b8-5+. The van der Waals surface area contributed by atoms with Crippen molar-refractivity contribution in [2.45, 2.75) is 53.4 Å². The molecule has 0 amide bonds. The van der Waals surface area contributed by atoms with Crippen LogP contribution in [0.1, 0.15) is 53.4 Å². The number of unbranched alkanes of at least 4 members (excludes halogenated alkanes) is 1. The maximum Gasteiger partial charge on any atom is 0.317 e. The molecule has 1 unspecified atom stereocenters. The molecule has 32 heavy (non-hydrogen) atoms. The van der Waals surface area contributed by atoms with Crippen molar-refractivity contribution in [1.82, 2.24) is 0 Å². The summed E-state index contributed by atoms with van der Waals surface area (Å²) in [4.78, 5) is 24.4. The number of carbonyl (C=O) groups excluding carboxylic acids is 1. The quantitative estimate of drug-likeness (QED) is 0.236. The zero-order valence-electron chi connectivity index (χ0n) is 19.3. The lowest BCUT2D eigenvalue weighted by atomic mass is 9.80. The lowest BCUT2D eigenvalue weighted by Gasteiger charge is -2.21. The van der Waals surface area contributed by atoms with Crippen LogP contribution < -0.4 is 4.74 Å². The van der Waals surface area contributed by atoms with E-state index < -0.39 is 11.4 Å². The minimum absolute atomic E-state index is 0.121. The van der Waals surface area contributed by atoms with Crippen LogP contribution in [0.4, 0.5) is 0 Å². The Hall–Kier alpha value is -2.84. The maximum absolute atomic E-state index is 12.6. The van der Waals surface area contributed by atoms with Crippen molar-refractivity contribution in [2.24, 2.45) is 10.8 Å². The number of ether oxygens (including phenoxy) is 1. The monoisotopic (exact) mass is 452 g/mol. The molecule has 2 aromatic rings. The Labute approximate surface area is 195 Å². The highest BCUT2D eigenvalue weighted by Gasteiger charge is 2.39. The van der Waals surface area contributed by atoms with E-state index in [-0.39, 0.29) is 24.0 Å². The second-order valence-corrected chi connectivity index (χ2v) is 9.81. The Morgan fingerprint density at radius 3 is 2.56 bits per heavy atom. The Morgan fingerprint density at radius 2 is 1.91 bits per heavy atom. The number of hydrogen-bond donors (Lipinski definition) is 1. The Bertz CT molecular complexity index is 987. The molecular formula is C27H32O4S. The van der Waals surface area contributed by atoms with Gasteiger partial charge in [0.05, 0.1) is 6.61 Å². The molecule has 0 radical (unpaired) electrons. The summed E-state index contributed by atoms with van der Waals surface area (Å²) in [6.07, 6.45) is 4.91. The van der Waals surface area contributed by atoms with Crippen LogP contribution in [0.25, 0.3) is 11.1 Å². The smallest absolute Gasteiger partial charge is 0.317 e. The summed E-state index contributed by atoms with van der Waals surface area (Å²) in [6.45, 7) is 7.98. The number of Topliss-reactive ketones (excluding diaryl/α,β-unsaturated/α-hetero) is 1. The van der Waals surface area contributed by atoms with Gasteiger partial charge in [0.15, 0.2) is 0 Å². The van der Waals surface area contributed by atoms with E-state index in [0.717, 1.165) is 16.9 Å². The highest BCUT2D eigenvalue weighted by molar-refractivity contribution is 7.08. The minimum atomic E-state index is -1.43. The molecule has 1 heterocycles. The number of carboxylic acids is 1. The third kappa shape index (κ3) is 8.01. The maximum atomic E-state index is 12.6. The summed E-state index contributed by atoms with van der Waals surface area (Å²) < 4.78 is 5.83. The molecular weight excluding hydrogens is 420 g/mol. The summed E-state index contributed by atoms with van der Waals surface area (Å²) in [5.74, 6) is 5.39. The molecule has 0 bridgehead atoms. The van der Waals surface area contributed by atoms with E-state index in [4.69, 9.17) is 4.74 Å². The first-order chi connectivity index (χ1) is 15.1. The van der Waals surface area contributed by atoms with Crippen LogP contribution in [0.2, 0.25) is 0 Å². The zero-order valence-corrected chi connectivity index (χ0v) is 20.1. The molecule has 4 nitrogen and oxygen atoms in total. The summed E-state index contributed by atoms with van der Waals surface area (Å²) in [5, 5.41) is 13.8. The van der Waals surface area contributed by atoms with Crippen LogP contribution in [0.5, 0.6) is 5.75 Å². The number of rotatable bonds is 11. The number of allylic oxidation sites excluding steroid dienone is 2. The molecule has 0 aliphatic carbocycles. The van der Waals surface area contributed by atoms with Crippen LogP contribution in [-0.4, -0.2) is 23.5 Å². The fourth-order valence-corrected chi connectivity index (χ4v) is 3.64. The van der Waals surface area contributed by atoms with Gasteiger partial charge in [-0.25, -0.2) is 0 Å². The van der Waals surface area contributed by atoms with Gasteiger partial charge in [-0.3, -0.25) is 9.59 Å². The van der Waals surface area contributed by atoms with Crippen molar-refractivity contribution in [3.05, 3.63) is 53.2 Å². The predicted octanol–water partition coefficient (Wildman–Crippen LogP) is 6.62. The number of hydrogen-bond acceptors (Lipinski definition) is 4. The Morgan fingerprint density at radius 1 is 1.12 bits per heavy atom. The molecule has 0 fully saturated rings. The summed E-state index contributed by atoms with van der Waals surface area (Å²) in [7, 11) is 0. The third-order valence-electron chi connectivity index (χ3n) is 5.02. The predicted molar refractivity (Wildman–Crippen MR) is 131 cm³/mol. The van der Waals surface area contributed by atoms with Gasteiger partial charge in [0.25, 0.3) is 0 Å². The molecule has 1 N–H and O–H groups in total. The molecule has 170 valence electrons.